The van der Waals surface area contributed by atoms with E-state index in [-0.39, 0.29) is 24.0 Å². The Morgan fingerprint density at radius 1 is 1.39 bits per heavy atom. The molecule has 1 aliphatic heterocycles. The minimum atomic E-state index is -0.448. The summed E-state index contributed by atoms with van der Waals surface area (Å²) in [5, 5.41) is 5.02. The minimum Gasteiger partial charge on any atom is -0.333 e. The number of urea groups is 1. The second kappa shape index (κ2) is 6.15. The molecule has 3 amide bonds. The first kappa shape index (κ1) is 14.9. The monoisotopic (exact) mass is 256 g/mol. The average molecular weight is 256 g/mol. The molecular formula is C12H24N4O2. The van der Waals surface area contributed by atoms with Gasteiger partial charge in [-0.1, -0.05) is 0 Å². The van der Waals surface area contributed by atoms with E-state index in [0.29, 0.717) is 6.54 Å². The number of carbonyl (C=O) groups excluding carboxylic acids is 2. The molecule has 0 aliphatic carbocycles. The van der Waals surface area contributed by atoms with Gasteiger partial charge in [-0.25, -0.2) is 4.79 Å². The fraction of sp³-hybridized carbons (Fsp3) is 0.833. The highest BCUT2D eigenvalue weighted by Gasteiger charge is 2.25. The van der Waals surface area contributed by atoms with Crippen LogP contribution in [0, 0.1) is 0 Å². The van der Waals surface area contributed by atoms with Crippen molar-refractivity contribution in [2.24, 2.45) is 5.73 Å². The predicted molar refractivity (Wildman–Crippen MR) is 70.1 cm³/mol. The minimum absolute atomic E-state index is 0.236. The quantitative estimate of drug-likeness (QED) is 0.665. The zero-order valence-electron chi connectivity index (χ0n) is 11.5. The van der Waals surface area contributed by atoms with Gasteiger partial charge in [-0.3, -0.25) is 15.0 Å². The Kier molecular flexibility index (Phi) is 5.10. The predicted octanol–water partition coefficient (Wildman–Crippen LogP) is 0.0338. The molecule has 6 heteroatoms. The Balaban J connectivity index is 2.35. The number of rotatable bonds is 3. The van der Waals surface area contributed by atoms with Crippen LogP contribution in [-0.2, 0) is 4.79 Å². The van der Waals surface area contributed by atoms with E-state index >= 15 is 0 Å². The van der Waals surface area contributed by atoms with Crippen LogP contribution in [0.15, 0.2) is 0 Å². The van der Waals surface area contributed by atoms with Crippen LogP contribution < -0.4 is 16.4 Å². The molecule has 0 bridgehead atoms. The maximum Gasteiger partial charge on any atom is 0.321 e. The van der Waals surface area contributed by atoms with Gasteiger partial charge in [-0.2, -0.15) is 0 Å². The van der Waals surface area contributed by atoms with E-state index in [4.69, 9.17) is 5.73 Å². The van der Waals surface area contributed by atoms with Gasteiger partial charge in [0.15, 0.2) is 0 Å². The van der Waals surface area contributed by atoms with Gasteiger partial charge in [-0.15, -0.1) is 0 Å². The molecule has 6 nitrogen and oxygen atoms in total. The topological polar surface area (TPSA) is 87.5 Å². The summed E-state index contributed by atoms with van der Waals surface area (Å²) in [6, 6.07) is -0.183. The highest BCUT2D eigenvalue weighted by atomic mass is 16.2. The van der Waals surface area contributed by atoms with Crippen LogP contribution in [0.4, 0.5) is 4.79 Å². The summed E-state index contributed by atoms with van der Waals surface area (Å²) in [6.45, 7) is 7.25. The lowest BCUT2D eigenvalue weighted by Crippen LogP contribution is -2.51. The third kappa shape index (κ3) is 5.01. The maximum absolute atomic E-state index is 11.7. The van der Waals surface area contributed by atoms with Crippen molar-refractivity contribution in [3.05, 3.63) is 0 Å². The molecule has 18 heavy (non-hydrogen) atoms. The van der Waals surface area contributed by atoms with E-state index < -0.39 is 6.03 Å². The molecule has 0 saturated carbocycles. The van der Waals surface area contributed by atoms with Gasteiger partial charge in [0.25, 0.3) is 0 Å². The number of likely N-dealkylation sites (tertiary alicyclic amines) is 1. The Hall–Kier alpha value is -1.14. The zero-order valence-corrected chi connectivity index (χ0v) is 11.5. The van der Waals surface area contributed by atoms with E-state index in [1.165, 1.54) is 0 Å². The normalized spacial score (nSPS) is 20.8. The van der Waals surface area contributed by atoms with Crippen molar-refractivity contribution in [2.45, 2.75) is 45.2 Å². The van der Waals surface area contributed by atoms with Crippen LogP contribution in [0.1, 0.15) is 33.6 Å². The molecule has 4 N–H and O–H groups in total. The Bertz CT molecular complexity index is 312. The van der Waals surface area contributed by atoms with E-state index in [1.807, 2.05) is 25.7 Å². The molecule has 0 radical (unpaired) electrons. The van der Waals surface area contributed by atoms with Crippen LogP contribution in [0.25, 0.3) is 0 Å². The van der Waals surface area contributed by atoms with Crippen molar-refractivity contribution in [1.29, 1.82) is 0 Å². The fourth-order valence-electron chi connectivity index (χ4n) is 2.09. The molecule has 104 valence electrons. The summed E-state index contributed by atoms with van der Waals surface area (Å²) < 4.78 is 0. The Morgan fingerprint density at radius 2 is 2.06 bits per heavy atom. The first-order valence-electron chi connectivity index (χ1n) is 6.38. The van der Waals surface area contributed by atoms with E-state index in [1.54, 1.807) is 0 Å². The molecule has 0 spiro atoms. The SMILES string of the molecule is CC(C)(C)NC(=O)NC(=O)CN1CCCC1CN. The maximum atomic E-state index is 11.7. The first-order chi connectivity index (χ1) is 8.31. The summed E-state index contributed by atoms with van der Waals surface area (Å²) in [4.78, 5) is 25.2. The number of carbonyl (C=O) groups is 2. The van der Waals surface area contributed by atoms with Crippen LogP contribution in [0.3, 0.4) is 0 Å². The molecule has 1 aliphatic rings. The van der Waals surface area contributed by atoms with Gasteiger partial charge in [-0.05, 0) is 40.2 Å². The van der Waals surface area contributed by atoms with Crippen molar-refractivity contribution >= 4 is 11.9 Å². The van der Waals surface area contributed by atoms with E-state index in [9.17, 15) is 9.59 Å². The van der Waals surface area contributed by atoms with E-state index in [2.05, 4.69) is 10.6 Å². The number of hydrogen-bond acceptors (Lipinski definition) is 4. The highest BCUT2D eigenvalue weighted by molar-refractivity contribution is 5.95. The first-order valence-corrected chi connectivity index (χ1v) is 6.38. The second-order valence-electron chi connectivity index (χ2n) is 5.75. The lowest BCUT2D eigenvalue weighted by Gasteiger charge is -2.23. The highest BCUT2D eigenvalue weighted by Crippen LogP contribution is 2.15. The van der Waals surface area contributed by atoms with Crippen LogP contribution in [0.2, 0.25) is 0 Å². The number of imide groups is 1. The molecule has 1 atom stereocenters. The van der Waals surface area contributed by atoms with Crippen molar-refractivity contribution in [3.8, 4) is 0 Å². The smallest absolute Gasteiger partial charge is 0.321 e. The molecule has 1 unspecified atom stereocenters. The molecule has 1 fully saturated rings. The van der Waals surface area contributed by atoms with Crippen molar-refractivity contribution in [2.75, 3.05) is 19.6 Å². The molecule has 1 rings (SSSR count). The van der Waals surface area contributed by atoms with Crippen molar-refractivity contribution in [3.63, 3.8) is 0 Å². The number of nitrogens with zero attached hydrogens (tertiary/aromatic N) is 1. The average Bonchev–Trinajstić information content (AvgIpc) is 2.61. The molecule has 0 aromatic heterocycles. The lowest BCUT2D eigenvalue weighted by molar-refractivity contribution is -0.121. The van der Waals surface area contributed by atoms with Crippen molar-refractivity contribution < 1.29 is 9.59 Å². The summed E-state index contributed by atoms with van der Waals surface area (Å²) in [7, 11) is 0. The lowest BCUT2D eigenvalue weighted by atomic mass is 10.1. The molecular weight excluding hydrogens is 232 g/mol. The standard InChI is InChI=1S/C12H24N4O2/c1-12(2,3)15-11(18)14-10(17)8-16-6-4-5-9(16)7-13/h9H,4-8,13H2,1-3H3,(H2,14,15,17,18). The van der Waals surface area contributed by atoms with Gasteiger partial charge in [0.2, 0.25) is 5.91 Å². The summed E-state index contributed by atoms with van der Waals surface area (Å²) >= 11 is 0. The number of nitrogens with one attached hydrogen (secondary N) is 2. The Labute approximate surface area is 108 Å². The number of nitrogens with two attached hydrogens (primary N) is 1. The zero-order chi connectivity index (χ0) is 13.8. The number of amides is 3. The van der Waals surface area contributed by atoms with Gasteiger partial charge in [0.1, 0.15) is 0 Å². The fourth-order valence-corrected chi connectivity index (χ4v) is 2.09. The van der Waals surface area contributed by atoms with Gasteiger partial charge in [0.05, 0.1) is 6.54 Å². The van der Waals surface area contributed by atoms with Crippen molar-refractivity contribution in [1.82, 2.24) is 15.5 Å². The summed E-state index contributed by atoms with van der Waals surface area (Å²) in [6.07, 6.45) is 2.08. The van der Waals surface area contributed by atoms with Crippen LogP contribution >= 0.6 is 0 Å². The van der Waals surface area contributed by atoms with E-state index in [0.717, 1.165) is 19.4 Å². The Morgan fingerprint density at radius 3 is 2.61 bits per heavy atom. The van der Waals surface area contributed by atoms with Crippen LogP contribution in [-0.4, -0.2) is 48.1 Å². The second-order valence-corrected chi connectivity index (χ2v) is 5.75. The number of hydrogen-bond donors (Lipinski definition) is 3. The summed E-state index contributed by atoms with van der Waals surface area (Å²) in [5.74, 6) is -0.280. The molecule has 1 heterocycles. The third-order valence-corrected chi connectivity index (χ3v) is 2.86. The molecule has 1 saturated heterocycles. The third-order valence-electron chi connectivity index (χ3n) is 2.86. The largest absolute Gasteiger partial charge is 0.333 e. The van der Waals surface area contributed by atoms with Gasteiger partial charge < -0.3 is 11.1 Å². The summed E-state index contributed by atoms with van der Waals surface area (Å²) in [5.41, 5.74) is 5.28. The van der Waals surface area contributed by atoms with Gasteiger partial charge in [0, 0.05) is 18.1 Å². The molecule has 0 aromatic carbocycles. The van der Waals surface area contributed by atoms with Gasteiger partial charge >= 0.3 is 6.03 Å². The molecule has 0 aromatic rings. The van der Waals surface area contributed by atoms with Crippen LogP contribution in [0.5, 0.6) is 0 Å².